The van der Waals surface area contributed by atoms with Crippen LogP contribution in [0.3, 0.4) is 0 Å². The van der Waals surface area contributed by atoms with E-state index in [9.17, 15) is 9.59 Å². The summed E-state index contributed by atoms with van der Waals surface area (Å²) in [7, 11) is 0. The molecular weight excluding hydrogens is 270 g/mol. The number of nitrogens with zero attached hydrogens (tertiary/aromatic N) is 2. The highest BCUT2D eigenvalue weighted by atomic mass is 16.4. The average molecular weight is 287 g/mol. The molecule has 0 aliphatic carbocycles. The Hall–Kier alpha value is -2.63. The molecule has 110 valence electrons. The molecule has 1 aromatic carbocycles. The van der Waals surface area contributed by atoms with Gasteiger partial charge in [-0.2, -0.15) is 5.10 Å². The quantitative estimate of drug-likeness (QED) is 0.882. The summed E-state index contributed by atoms with van der Waals surface area (Å²) in [6.07, 6.45) is -0.122. The van der Waals surface area contributed by atoms with E-state index in [-0.39, 0.29) is 24.6 Å². The summed E-state index contributed by atoms with van der Waals surface area (Å²) in [5, 5.41) is 15.5. The molecule has 0 spiro atoms. The van der Waals surface area contributed by atoms with Crippen molar-refractivity contribution in [3.8, 4) is 0 Å². The molecule has 2 aromatic rings. The highest BCUT2D eigenvalue weighted by Gasteiger charge is 2.20. The van der Waals surface area contributed by atoms with Gasteiger partial charge >= 0.3 is 5.97 Å². The topological polar surface area (TPSA) is 86.3 Å². The van der Waals surface area contributed by atoms with E-state index in [1.54, 1.807) is 25.1 Å². The first-order chi connectivity index (χ1) is 9.97. The van der Waals surface area contributed by atoms with Crippen molar-refractivity contribution in [3.05, 3.63) is 47.3 Å². The van der Waals surface area contributed by atoms with Gasteiger partial charge in [0.1, 0.15) is 0 Å². The second kappa shape index (κ2) is 6.21. The molecule has 0 saturated heterocycles. The Kier molecular flexibility index (Phi) is 4.37. The van der Waals surface area contributed by atoms with Crippen molar-refractivity contribution in [3.63, 3.8) is 0 Å². The second-order valence-electron chi connectivity index (χ2n) is 4.87. The number of carbonyl (C=O) groups is 2. The van der Waals surface area contributed by atoms with Crippen LogP contribution >= 0.6 is 0 Å². The molecule has 0 fully saturated rings. The van der Waals surface area contributed by atoms with Crippen molar-refractivity contribution in [2.75, 3.05) is 11.4 Å². The van der Waals surface area contributed by atoms with Crippen molar-refractivity contribution >= 4 is 17.6 Å². The standard InChI is InChI=1S/C15H17N3O3/c1-10-3-5-12(6-4-10)18(8-7-14(19)20)15(21)13-9-11(2)16-17-13/h3-6,9H,7-8H2,1-2H3,(H,16,17)(H,19,20). The number of aromatic amines is 1. The van der Waals surface area contributed by atoms with Crippen molar-refractivity contribution < 1.29 is 14.7 Å². The molecule has 2 N–H and O–H groups in total. The molecule has 0 aliphatic heterocycles. The van der Waals surface area contributed by atoms with E-state index >= 15 is 0 Å². The van der Waals surface area contributed by atoms with E-state index in [0.717, 1.165) is 11.3 Å². The molecule has 0 radical (unpaired) electrons. The smallest absolute Gasteiger partial charge is 0.305 e. The first-order valence-electron chi connectivity index (χ1n) is 6.59. The van der Waals surface area contributed by atoms with Gasteiger partial charge in [-0.3, -0.25) is 14.7 Å². The molecule has 6 heteroatoms. The summed E-state index contributed by atoms with van der Waals surface area (Å²) in [5.74, 6) is -1.26. The van der Waals surface area contributed by atoms with Crippen LogP contribution in [0.4, 0.5) is 5.69 Å². The zero-order valence-electron chi connectivity index (χ0n) is 12.0. The zero-order chi connectivity index (χ0) is 15.4. The molecule has 0 unspecified atom stereocenters. The molecule has 0 bridgehead atoms. The minimum atomic E-state index is -0.946. The molecule has 1 aromatic heterocycles. The minimum absolute atomic E-state index is 0.100. The highest BCUT2D eigenvalue weighted by molar-refractivity contribution is 6.05. The predicted octanol–water partition coefficient (Wildman–Crippen LogP) is 2.15. The summed E-state index contributed by atoms with van der Waals surface area (Å²) in [4.78, 5) is 24.7. The maximum Gasteiger partial charge on any atom is 0.305 e. The van der Waals surface area contributed by atoms with E-state index in [2.05, 4.69) is 10.2 Å². The number of carbonyl (C=O) groups excluding carboxylic acids is 1. The number of carboxylic acids is 1. The number of amides is 1. The molecular formula is C15H17N3O3. The Morgan fingerprint density at radius 2 is 1.90 bits per heavy atom. The zero-order valence-corrected chi connectivity index (χ0v) is 12.0. The van der Waals surface area contributed by atoms with Crippen LogP contribution < -0.4 is 4.90 Å². The average Bonchev–Trinajstić information content (AvgIpc) is 2.87. The van der Waals surface area contributed by atoms with Gasteiger partial charge in [0.25, 0.3) is 5.91 Å². The lowest BCUT2D eigenvalue weighted by Gasteiger charge is -2.21. The van der Waals surface area contributed by atoms with Gasteiger partial charge in [-0.25, -0.2) is 0 Å². The van der Waals surface area contributed by atoms with Crippen LogP contribution in [0.1, 0.15) is 28.2 Å². The molecule has 0 atom stereocenters. The highest BCUT2D eigenvalue weighted by Crippen LogP contribution is 2.18. The third kappa shape index (κ3) is 3.68. The lowest BCUT2D eigenvalue weighted by Crippen LogP contribution is -2.33. The molecule has 1 heterocycles. The van der Waals surface area contributed by atoms with E-state index in [1.807, 2.05) is 19.1 Å². The number of hydrogen-bond donors (Lipinski definition) is 2. The van der Waals surface area contributed by atoms with E-state index in [1.165, 1.54) is 4.90 Å². The summed E-state index contributed by atoms with van der Waals surface area (Å²) in [6, 6.07) is 9.01. The van der Waals surface area contributed by atoms with Gasteiger partial charge in [0.15, 0.2) is 5.69 Å². The number of anilines is 1. The number of benzene rings is 1. The maximum absolute atomic E-state index is 12.5. The molecule has 21 heavy (non-hydrogen) atoms. The van der Waals surface area contributed by atoms with Crippen molar-refractivity contribution in [1.82, 2.24) is 10.2 Å². The Morgan fingerprint density at radius 1 is 1.24 bits per heavy atom. The Morgan fingerprint density at radius 3 is 2.43 bits per heavy atom. The van der Waals surface area contributed by atoms with Gasteiger partial charge in [-0.1, -0.05) is 17.7 Å². The number of aromatic nitrogens is 2. The number of rotatable bonds is 5. The fourth-order valence-corrected chi connectivity index (χ4v) is 1.95. The number of H-pyrrole nitrogens is 1. The Labute approximate surface area is 122 Å². The summed E-state index contributed by atoms with van der Waals surface area (Å²) in [6.45, 7) is 3.85. The van der Waals surface area contributed by atoms with Gasteiger partial charge in [0.05, 0.1) is 6.42 Å². The molecule has 2 rings (SSSR count). The van der Waals surface area contributed by atoms with Gasteiger partial charge in [-0.15, -0.1) is 0 Å². The lowest BCUT2D eigenvalue weighted by molar-refractivity contribution is -0.136. The fourth-order valence-electron chi connectivity index (χ4n) is 1.95. The van der Waals surface area contributed by atoms with Crippen LogP contribution in [-0.4, -0.2) is 33.7 Å². The van der Waals surface area contributed by atoms with Crippen LogP contribution in [0, 0.1) is 13.8 Å². The van der Waals surface area contributed by atoms with Gasteiger partial charge < -0.3 is 10.0 Å². The lowest BCUT2D eigenvalue weighted by atomic mass is 10.2. The van der Waals surface area contributed by atoms with E-state index in [0.29, 0.717) is 5.69 Å². The number of hydrogen-bond acceptors (Lipinski definition) is 3. The Bertz CT molecular complexity index is 646. The number of aryl methyl sites for hydroxylation is 2. The van der Waals surface area contributed by atoms with Crippen molar-refractivity contribution in [2.45, 2.75) is 20.3 Å². The van der Waals surface area contributed by atoms with E-state index in [4.69, 9.17) is 5.11 Å². The van der Waals surface area contributed by atoms with E-state index < -0.39 is 5.97 Å². The second-order valence-corrected chi connectivity index (χ2v) is 4.87. The van der Waals surface area contributed by atoms with Gasteiger partial charge in [-0.05, 0) is 32.0 Å². The molecule has 0 saturated carbocycles. The normalized spacial score (nSPS) is 10.4. The molecule has 1 amide bonds. The van der Waals surface area contributed by atoms with Crippen LogP contribution in [0.2, 0.25) is 0 Å². The first-order valence-corrected chi connectivity index (χ1v) is 6.59. The van der Waals surface area contributed by atoms with Crippen LogP contribution in [0.25, 0.3) is 0 Å². The monoisotopic (exact) mass is 287 g/mol. The molecule has 0 aliphatic rings. The summed E-state index contributed by atoms with van der Waals surface area (Å²) in [5.41, 5.74) is 2.78. The van der Waals surface area contributed by atoms with Crippen molar-refractivity contribution in [2.24, 2.45) is 0 Å². The van der Waals surface area contributed by atoms with Crippen LogP contribution in [0.5, 0.6) is 0 Å². The predicted molar refractivity (Wildman–Crippen MR) is 78.4 cm³/mol. The van der Waals surface area contributed by atoms with Gasteiger partial charge in [0, 0.05) is 17.9 Å². The maximum atomic E-state index is 12.5. The third-order valence-electron chi connectivity index (χ3n) is 3.07. The fraction of sp³-hybridized carbons (Fsp3) is 0.267. The third-order valence-corrected chi connectivity index (χ3v) is 3.07. The van der Waals surface area contributed by atoms with Gasteiger partial charge in [0.2, 0.25) is 0 Å². The van der Waals surface area contributed by atoms with Crippen LogP contribution in [-0.2, 0) is 4.79 Å². The largest absolute Gasteiger partial charge is 0.481 e. The number of nitrogens with one attached hydrogen (secondary N) is 1. The first kappa shape index (κ1) is 14.8. The number of aliphatic carboxylic acids is 1. The molecule has 6 nitrogen and oxygen atoms in total. The number of carboxylic acid groups (broad SMARTS) is 1. The summed E-state index contributed by atoms with van der Waals surface area (Å²) >= 11 is 0. The Balaban J connectivity index is 2.28. The van der Waals surface area contributed by atoms with Crippen LogP contribution in [0.15, 0.2) is 30.3 Å². The summed E-state index contributed by atoms with van der Waals surface area (Å²) < 4.78 is 0. The van der Waals surface area contributed by atoms with Crippen molar-refractivity contribution in [1.29, 1.82) is 0 Å². The SMILES string of the molecule is Cc1ccc(N(CCC(=O)O)C(=O)c2cc(C)[nH]n2)cc1. The minimum Gasteiger partial charge on any atom is -0.481 e.